The Hall–Kier alpha value is -1.20. The molecule has 0 amide bonds. The van der Waals surface area contributed by atoms with Gasteiger partial charge in [-0.3, -0.25) is 4.79 Å². The van der Waals surface area contributed by atoms with E-state index < -0.39 is 11.1 Å². The van der Waals surface area contributed by atoms with Gasteiger partial charge in [0.1, 0.15) is 16.9 Å². The van der Waals surface area contributed by atoms with Crippen LogP contribution < -0.4 is 4.74 Å². The summed E-state index contributed by atoms with van der Waals surface area (Å²) >= 11 is -2.12. The van der Waals surface area contributed by atoms with Gasteiger partial charge in [0.05, 0.1) is 6.10 Å². The van der Waals surface area contributed by atoms with Crippen molar-refractivity contribution in [2.24, 2.45) is 0 Å². The molecule has 80 valence electrons. The third-order valence-corrected chi connectivity index (χ3v) is 2.81. The lowest BCUT2D eigenvalue weighted by Gasteiger charge is -2.08. The summed E-state index contributed by atoms with van der Waals surface area (Å²) in [5.41, 5.74) is 0.371. The number of benzene rings is 1. The van der Waals surface area contributed by atoms with E-state index in [-0.39, 0.29) is 11.0 Å². The standard InChI is InChI=1S/C10H10O4S/c11-6-7-1-4-9(14-8-2-3-8)10(5-7)15(12)13/h1,4-6,8H,2-3H2,(H,12,13). The Bertz CT molecular complexity index is 412. The van der Waals surface area contributed by atoms with Gasteiger partial charge in [0.25, 0.3) is 0 Å². The van der Waals surface area contributed by atoms with Crippen molar-refractivity contribution in [1.29, 1.82) is 0 Å². The van der Waals surface area contributed by atoms with Crippen LogP contribution in [0.2, 0.25) is 0 Å². The molecule has 1 N–H and O–H groups in total. The summed E-state index contributed by atoms with van der Waals surface area (Å²) in [5.74, 6) is 0.393. The number of hydrogen-bond donors (Lipinski definition) is 1. The van der Waals surface area contributed by atoms with Gasteiger partial charge in [0.2, 0.25) is 0 Å². The Morgan fingerprint density at radius 1 is 1.47 bits per heavy atom. The lowest BCUT2D eigenvalue weighted by Crippen LogP contribution is -2.01. The third kappa shape index (κ3) is 2.43. The second-order valence-corrected chi connectivity index (χ2v) is 4.33. The van der Waals surface area contributed by atoms with Crippen LogP contribution in [0.5, 0.6) is 5.75 Å². The van der Waals surface area contributed by atoms with Crippen molar-refractivity contribution in [3.05, 3.63) is 23.8 Å². The molecule has 1 unspecified atom stereocenters. The summed E-state index contributed by atoms with van der Waals surface area (Å²) in [6.07, 6.45) is 2.76. The molecule has 0 aromatic heterocycles. The summed E-state index contributed by atoms with van der Waals surface area (Å²) < 4.78 is 25.5. The average Bonchev–Trinajstić information content (AvgIpc) is 3.02. The van der Waals surface area contributed by atoms with Gasteiger partial charge in [0.15, 0.2) is 11.1 Å². The van der Waals surface area contributed by atoms with Gasteiger partial charge < -0.3 is 9.29 Å². The van der Waals surface area contributed by atoms with Crippen LogP contribution in [-0.2, 0) is 11.1 Å². The summed E-state index contributed by atoms with van der Waals surface area (Å²) in [4.78, 5) is 10.7. The van der Waals surface area contributed by atoms with E-state index in [1.807, 2.05) is 0 Å². The molecule has 0 heterocycles. The Kier molecular flexibility index (Phi) is 2.83. The predicted molar refractivity (Wildman–Crippen MR) is 54.5 cm³/mol. The minimum atomic E-state index is -2.12. The molecule has 1 aromatic rings. The number of carbonyl (C=O) groups is 1. The highest BCUT2D eigenvalue weighted by Crippen LogP contribution is 2.30. The molecular formula is C10H10O4S. The molecule has 0 bridgehead atoms. The first kappa shape index (κ1) is 10.3. The molecule has 1 aliphatic rings. The van der Waals surface area contributed by atoms with Crippen molar-refractivity contribution in [2.45, 2.75) is 23.8 Å². The summed E-state index contributed by atoms with van der Waals surface area (Å²) in [5, 5.41) is 0. The van der Waals surface area contributed by atoms with Gasteiger partial charge in [-0.25, -0.2) is 4.21 Å². The molecule has 15 heavy (non-hydrogen) atoms. The monoisotopic (exact) mass is 226 g/mol. The second-order valence-electron chi connectivity index (χ2n) is 3.39. The predicted octanol–water partition coefficient (Wildman–Crippen LogP) is 1.62. The number of carbonyl (C=O) groups excluding carboxylic acids is 1. The van der Waals surface area contributed by atoms with E-state index in [9.17, 15) is 9.00 Å². The number of rotatable bonds is 4. The second kappa shape index (κ2) is 4.12. The van der Waals surface area contributed by atoms with Crippen molar-refractivity contribution in [1.82, 2.24) is 0 Å². The molecule has 1 atom stereocenters. The average molecular weight is 226 g/mol. The summed E-state index contributed by atoms with van der Waals surface area (Å²) in [6, 6.07) is 4.51. The molecule has 1 aromatic carbocycles. The van der Waals surface area contributed by atoms with E-state index >= 15 is 0 Å². The molecule has 0 aliphatic heterocycles. The Labute approximate surface area is 89.5 Å². The van der Waals surface area contributed by atoms with Crippen molar-refractivity contribution in [3.63, 3.8) is 0 Å². The minimum Gasteiger partial charge on any atom is -0.489 e. The lowest BCUT2D eigenvalue weighted by molar-refractivity contribution is 0.112. The lowest BCUT2D eigenvalue weighted by atomic mass is 10.2. The van der Waals surface area contributed by atoms with Gasteiger partial charge in [0, 0.05) is 5.56 Å². The first-order valence-electron chi connectivity index (χ1n) is 4.57. The van der Waals surface area contributed by atoms with E-state index in [2.05, 4.69) is 0 Å². The molecule has 2 rings (SSSR count). The van der Waals surface area contributed by atoms with Gasteiger partial charge in [-0.2, -0.15) is 0 Å². The Morgan fingerprint density at radius 3 is 2.73 bits per heavy atom. The fraction of sp³-hybridized carbons (Fsp3) is 0.300. The first-order valence-corrected chi connectivity index (χ1v) is 5.68. The zero-order valence-electron chi connectivity index (χ0n) is 7.88. The number of ether oxygens (including phenoxy) is 1. The van der Waals surface area contributed by atoms with Crippen LogP contribution >= 0.6 is 0 Å². The highest BCUT2D eigenvalue weighted by atomic mass is 32.2. The molecule has 1 fully saturated rings. The number of aldehydes is 1. The fourth-order valence-electron chi connectivity index (χ4n) is 1.20. The van der Waals surface area contributed by atoms with Gasteiger partial charge in [-0.1, -0.05) is 0 Å². The SMILES string of the molecule is O=Cc1ccc(OC2CC2)c(S(=O)O)c1. The van der Waals surface area contributed by atoms with Crippen LogP contribution in [0.3, 0.4) is 0 Å². The van der Waals surface area contributed by atoms with Crippen molar-refractivity contribution in [3.8, 4) is 5.75 Å². The summed E-state index contributed by atoms with van der Waals surface area (Å²) in [6.45, 7) is 0. The molecule has 0 spiro atoms. The maximum absolute atomic E-state index is 11.0. The van der Waals surface area contributed by atoms with E-state index in [1.54, 1.807) is 12.1 Å². The van der Waals surface area contributed by atoms with Crippen LogP contribution in [0.15, 0.2) is 23.1 Å². The maximum Gasteiger partial charge on any atom is 0.190 e. The fourth-order valence-corrected chi connectivity index (χ4v) is 1.72. The zero-order valence-corrected chi connectivity index (χ0v) is 8.70. The van der Waals surface area contributed by atoms with Crippen LogP contribution in [0.4, 0.5) is 0 Å². The van der Waals surface area contributed by atoms with E-state index in [4.69, 9.17) is 9.29 Å². The van der Waals surface area contributed by atoms with Gasteiger partial charge in [-0.15, -0.1) is 0 Å². The molecule has 0 saturated heterocycles. The maximum atomic E-state index is 11.0. The normalized spacial score (nSPS) is 17.1. The molecule has 1 aliphatic carbocycles. The topological polar surface area (TPSA) is 63.6 Å². The smallest absolute Gasteiger partial charge is 0.190 e. The molecule has 5 heteroatoms. The zero-order chi connectivity index (χ0) is 10.8. The summed E-state index contributed by atoms with van der Waals surface area (Å²) in [7, 11) is 0. The van der Waals surface area contributed by atoms with E-state index in [0.717, 1.165) is 12.8 Å². The molecular weight excluding hydrogens is 216 g/mol. The third-order valence-electron chi connectivity index (χ3n) is 2.11. The van der Waals surface area contributed by atoms with E-state index in [1.165, 1.54) is 6.07 Å². The van der Waals surface area contributed by atoms with E-state index in [0.29, 0.717) is 17.6 Å². The molecule has 1 saturated carbocycles. The molecule has 0 radical (unpaired) electrons. The molecule has 4 nitrogen and oxygen atoms in total. The van der Waals surface area contributed by atoms with Crippen molar-refractivity contribution in [2.75, 3.05) is 0 Å². The van der Waals surface area contributed by atoms with Gasteiger partial charge in [-0.05, 0) is 31.0 Å². The Balaban J connectivity index is 2.33. The van der Waals surface area contributed by atoms with Crippen LogP contribution in [0.1, 0.15) is 23.2 Å². The quantitative estimate of drug-likeness (QED) is 0.626. The minimum absolute atomic E-state index is 0.159. The van der Waals surface area contributed by atoms with Crippen LogP contribution in [-0.4, -0.2) is 21.2 Å². The highest BCUT2D eigenvalue weighted by Gasteiger charge is 2.25. The Morgan fingerprint density at radius 2 is 2.20 bits per heavy atom. The largest absolute Gasteiger partial charge is 0.489 e. The van der Waals surface area contributed by atoms with Gasteiger partial charge >= 0.3 is 0 Å². The number of hydrogen-bond acceptors (Lipinski definition) is 3. The van der Waals surface area contributed by atoms with Crippen LogP contribution in [0.25, 0.3) is 0 Å². The van der Waals surface area contributed by atoms with Crippen molar-refractivity contribution >= 4 is 17.4 Å². The van der Waals surface area contributed by atoms with Crippen molar-refractivity contribution < 1.29 is 18.3 Å². The van der Waals surface area contributed by atoms with Crippen LogP contribution in [0, 0.1) is 0 Å². The highest BCUT2D eigenvalue weighted by molar-refractivity contribution is 7.79. The first-order chi connectivity index (χ1) is 7.20.